The van der Waals surface area contributed by atoms with Crippen molar-refractivity contribution in [3.63, 3.8) is 0 Å². The van der Waals surface area contributed by atoms with E-state index in [1.165, 1.54) is 0 Å². The molecule has 0 spiro atoms. The van der Waals surface area contributed by atoms with Gasteiger partial charge in [0, 0.05) is 30.7 Å². The van der Waals surface area contributed by atoms with E-state index in [1.54, 1.807) is 0 Å². The lowest BCUT2D eigenvalue weighted by Crippen LogP contribution is -2.42. The van der Waals surface area contributed by atoms with Crippen LogP contribution in [0.3, 0.4) is 0 Å². The van der Waals surface area contributed by atoms with Crippen molar-refractivity contribution in [2.24, 2.45) is 5.73 Å². The van der Waals surface area contributed by atoms with E-state index in [0.29, 0.717) is 6.10 Å². The van der Waals surface area contributed by atoms with Gasteiger partial charge < -0.3 is 10.5 Å². The monoisotopic (exact) mass is 268 g/mol. The molecular formula is C14H21ClN2O. The topological polar surface area (TPSA) is 38.5 Å². The van der Waals surface area contributed by atoms with Gasteiger partial charge in [-0.05, 0) is 31.0 Å². The Morgan fingerprint density at radius 3 is 2.83 bits per heavy atom. The van der Waals surface area contributed by atoms with Gasteiger partial charge in [0.15, 0.2) is 0 Å². The summed E-state index contributed by atoms with van der Waals surface area (Å²) >= 11 is 5.87. The van der Waals surface area contributed by atoms with Crippen LogP contribution in [0.4, 0.5) is 0 Å². The Morgan fingerprint density at radius 2 is 2.17 bits per heavy atom. The third-order valence-electron chi connectivity index (χ3n) is 3.38. The molecule has 1 fully saturated rings. The molecule has 4 heteroatoms. The first-order chi connectivity index (χ1) is 8.65. The maximum absolute atomic E-state index is 6.20. The minimum Gasteiger partial charge on any atom is -0.376 e. The van der Waals surface area contributed by atoms with Crippen molar-refractivity contribution in [3.05, 3.63) is 34.9 Å². The Balaban J connectivity index is 1.80. The standard InChI is InChI=1S/C14H21ClN2O/c1-11-10-17(8-9-18-11)7-6-14(16)12-2-4-13(15)5-3-12/h2-5,11,14H,6-10,16H2,1H3. The molecule has 2 atom stereocenters. The molecule has 0 aromatic heterocycles. The number of halogens is 1. The molecule has 1 saturated heterocycles. The molecule has 100 valence electrons. The van der Waals surface area contributed by atoms with Gasteiger partial charge in [0.05, 0.1) is 12.7 Å². The molecule has 1 aromatic carbocycles. The first-order valence-corrected chi connectivity index (χ1v) is 6.88. The van der Waals surface area contributed by atoms with Crippen molar-refractivity contribution in [1.29, 1.82) is 0 Å². The van der Waals surface area contributed by atoms with Crippen LogP contribution in [0.15, 0.2) is 24.3 Å². The lowest BCUT2D eigenvalue weighted by atomic mass is 10.0. The van der Waals surface area contributed by atoms with Gasteiger partial charge in [0.1, 0.15) is 0 Å². The highest BCUT2D eigenvalue weighted by Gasteiger charge is 2.17. The van der Waals surface area contributed by atoms with Crippen LogP contribution in [0.25, 0.3) is 0 Å². The summed E-state index contributed by atoms with van der Waals surface area (Å²) in [6.45, 7) is 5.99. The average Bonchev–Trinajstić information content (AvgIpc) is 2.37. The summed E-state index contributed by atoms with van der Waals surface area (Å²) < 4.78 is 5.53. The first kappa shape index (κ1) is 13.8. The summed E-state index contributed by atoms with van der Waals surface area (Å²) in [5, 5.41) is 0.757. The summed E-state index contributed by atoms with van der Waals surface area (Å²) in [6, 6.07) is 7.89. The highest BCUT2D eigenvalue weighted by Crippen LogP contribution is 2.18. The lowest BCUT2D eigenvalue weighted by Gasteiger charge is -2.31. The van der Waals surface area contributed by atoms with Crippen LogP contribution in [-0.4, -0.2) is 37.2 Å². The Hall–Kier alpha value is -0.610. The number of rotatable bonds is 4. The van der Waals surface area contributed by atoms with E-state index in [0.717, 1.165) is 43.2 Å². The number of nitrogens with two attached hydrogens (primary N) is 1. The fourth-order valence-corrected chi connectivity index (χ4v) is 2.42. The van der Waals surface area contributed by atoms with Gasteiger partial charge >= 0.3 is 0 Å². The molecule has 1 aliphatic rings. The number of morpholine rings is 1. The molecule has 0 amide bonds. The van der Waals surface area contributed by atoms with Crippen molar-refractivity contribution >= 4 is 11.6 Å². The van der Waals surface area contributed by atoms with Crippen molar-refractivity contribution < 1.29 is 4.74 Å². The molecule has 0 aliphatic carbocycles. The number of nitrogens with zero attached hydrogens (tertiary/aromatic N) is 1. The molecule has 0 saturated carbocycles. The molecular weight excluding hydrogens is 248 g/mol. The van der Waals surface area contributed by atoms with Gasteiger partial charge in [0.2, 0.25) is 0 Å². The molecule has 1 aliphatic heterocycles. The first-order valence-electron chi connectivity index (χ1n) is 6.50. The van der Waals surface area contributed by atoms with Crippen LogP contribution in [0.5, 0.6) is 0 Å². The van der Waals surface area contributed by atoms with E-state index in [4.69, 9.17) is 22.1 Å². The van der Waals surface area contributed by atoms with E-state index >= 15 is 0 Å². The second kappa shape index (κ2) is 6.53. The predicted molar refractivity (Wildman–Crippen MR) is 74.9 cm³/mol. The van der Waals surface area contributed by atoms with Crippen LogP contribution in [0.1, 0.15) is 24.9 Å². The molecule has 2 N–H and O–H groups in total. The Kier molecular flexibility index (Phi) is 5.01. The molecule has 18 heavy (non-hydrogen) atoms. The van der Waals surface area contributed by atoms with Crippen molar-refractivity contribution in [1.82, 2.24) is 4.90 Å². The van der Waals surface area contributed by atoms with Crippen LogP contribution >= 0.6 is 11.6 Å². The molecule has 2 rings (SSSR count). The van der Waals surface area contributed by atoms with Crippen molar-refractivity contribution in [2.45, 2.75) is 25.5 Å². The molecule has 1 aromatic rings. The van der Waals surface area contributed by atoms with Crippen LogP contribution < -0.4 is 5.73 Å². The number of hydrogen-bond donors (Lipinski definition) is 1. The maximum Gasteiger partial charge on any atom is 0.0674 e. The van der Waals surface area contributed by atoms with Crippen molar-refractivity contribution in [2.75, 3.05) is 26.2 Å². The van der Waals surface area contributed by atoms with E-state index in [2.05, 4.69) is 11.8 Å². The minimum absolute atomic E-state index is 0.0837. The quantitative estimate of drug-likeness (QED) is 0.912. The Labute approximate surface area is 114 Å². The summed E-state index contributed by atoms with van der Waals surface area (Å²) in [6.07, 6.45) is 1.31. The van der Waals surface area contributed by atoms with E-state index in [1.807, 2.05) is 24.3 Å². The third-order valence-corrected chi connectivity index (χ3v) is 3.63. The fraction of sp³-hybridized carbons (Fsp3) is 0.571. The van der Waals surface area contributed by atoms with Crippen LogP contribution in [-0.2, 0) is 4.74 Å². The van der Waals surface area contributed by atoms with Crippen molar-refractivity contribution in [3.8, 4) is 0 Å². The summed E-state index contributed by atoms with van der Waals surface area (Å²) in [5.74, 6) is 0. The second-order valence-electron chi connectivity index (χ2n) is 4.93. The van der Waals surface area contributed by atoms with Gasteiger partial charge in [-0.2, -0.15) is 0 Å². The Morgan fingerprint density at radius 1 is 1.44 bits per heavy atom. The third kappa shape index (κ3) is 3.95. The Bertz CT molecular complexity index is 369. The molecule has 0 radical (unpaired) electrons. The molecule has 1 heterocycles. The van der Waals surface area contributed by atoms with E-state index in [-0.39, 0.29) is 6.04 Å². The molecule has 0 bridgehead atoms. The van der Waals surface area contributed by atoms with E-state index in [9.17, 15) is 0 Å². The van der Waals surface area contributed by atoms with Gasteiger partial charge in [-0.15, -0.1) is 0 Å². The number of ether oxygens (including phenoxy) is 1. The van der Waals surface area contributed by atoms with Gasteiger partial charge in [0.25, 0.3) is 0 Å². The zero-order chi connectivity index (χ0) is 13.0. The SMILES string of the molecule is CC1CN(CCC(N)c2ccc(Cl)cc2)CCO1. The largest absolute Gasteiger partial charge is 0.376 e. The number of hydrogen-bond acceptors (Lipinski definition) is 3. The predicted octanol–water partition coefficient (Wildman–Crippen LogP) is 2.45. The van der Waals surface area contributed by atoms with Crippen LogP contribution in [0, 0.1) is 0 Å². The van der Waals surface area contributed by atoms with Gasteiger partial charge in [-0.1, -0.05) is 23.7 Å². The summed E-state index contributed by atoms with van der Waals surface area (Å²) in [4.78, 5) is 2.42. The van der Waals surface area contributed by atoms with Crippen LogP contribution in [0.2, 0.25) is 5.02 Å². The molecule has 3 nitrogen and oxygen atoms in total. The fourth-order valence-electron chi connectivity index (χ4n) is 2.29. The minimum atomic E-state index is 0.0837. The summed E-state index contributed by atoms with van der Waals surface area (Å²) in [5.41, 5.74) is 7.35. The number of benzene rings is 1. The zero-order valence-electron chi connectivity index (χ0n) is 10.8. The van der Waals surface area contributed by atoms with Gasteiger partial charge in [-0.3, -0.25) is 4.90 Å². The second-order valence-corrected chi connectivity index (χ2v) is 5.37. The smallest absolute Gasteiger partial charge is 0.0674 e. The maximum atomic E-state index is 6.20. The summed E-state index contributed by atoms with van der Waals surface area (Å²) in [7, 11) is 0. The highest BCUT2D eigenvalue weighted by molar-refractivity contribution is 6.30. The average molecular weight is 269 g/mol. The zero-order valence-corrected chi connectivity index (χ0v) is 11.6. The van der Waals surface area contributed by atoms with Gasteiger partial charge in [-0.25, -0.2) is 0 Å². The molecule has 2 unspecified atom stereocenters. The highest BCUT2D eigenvalue weighted by atomic mass is 35.5. The lowest BCUT2D eigenvalue weighted by molar-refractivity contribution is -0.0189. The van der Waals surface area contributed by atoms with E-state index < -0.39 is 0 Å². The normalized spacial score (nSPS) is 22.9.